The molecule has 1 saturated heterocycles. The van der Waals surface area contributed by atoms with Gasteiger partial charge in [0.05, 0.1) is 17.3 Å². The number of urea groups is 1. The van der Waals surface area contributed by atoms with Crippen molar-refractivity contribution in [3.63, 3.8) is 0 Å². The van der Waals surface area contributed by atoms with Crippen molar-refractivity contribution >= 4 is 46.9 Å². The molecule has 1 heterocycles. The van der Waals surface area contributed by atoms with Crippen molar-refractivity contribution in [2.75, 3.05) is 11.5 Å². The van der Waals surface area contributed by atoms with Crippen molar-refractivity contribution in [1.82, 2.24) is 5.32 Å². The summed E-state index contributed by atoms with van der Waals surface area (Å²) in [5.41, 5.74) is 3.28. The van der Waals surface area contributed by atoms with Gasteiger partial charge in [-0.3, -0.25) is 4.79 Å². The Hall–Kier alpha value is -3.48. The molecule has 1 fully saturated rings. The number of nitrogens with one attached hydrogen (secondary N) is 1. The van der Waals surface area contributed by atoms with E-state index in [9.17, 15) is 9.59 Å². The summed E-state index contributed by atoms with van der Waals surface area (Å²) in [6.07, 6.45) is 1.55. The number of aryl methyl sites for hydroxylation is 1. The van der Waals surface area contributed by atoms with Gasteiger partial charge in [-0.05, 0) is 67.4 Å². The zero-order valence-corrected chi connectivity index (χ0v) is 20.1. The van der Waals surface area contributed by atoms with Gasteiger partial charge in [-0.25, -0.2) is 9.69 Å². The fourth-order valence-electron chi connectivity index (χ4n) is 3.44. The van der Waals surface area contributed by atoms with Gasteiger partial charge in [0.2, 0.25) is 0 Å². The van der Waals surface area contributed by atoms with Gasteiger partial charge in [0.15, 0.2) is 11.5 Å². The van der Waals surface area contributed by atoms with Crippen LogP contribution >= 0.6 is 23.2 Å². The molecule has 3 amide bonds. The van der Waals surface area contributed by atoms with E-state index in [4.69, 9.17) is 32.7 Å². The molecule has 0 saturated carbocycles. The van der Waals surface area contributed by atoms with E-state index < -0.39 is 11.9 Å². The third-order valence-corrected chi connectivity index (χ3v) is 5.64. The van der Waals surface area contributed by atoms with Crippen LogP contribution in [0, 0.1) is 6.92 Å². The summed E-state index contributed by atoms with van der Waals surface area (Å²) in [7, 11) is 0. The molecule has 4 rings (SSSR count). The second kappa shape index (κ2) is 10.2. The minimum Gasteiger partial charge on any atom is -0.490 e. The number of anilines is 1. The molecule has 1 aliphatic rings. The van der Waals surface area contributed by atoms with E-state index in [1.807, 2.05) is 38.1 Å². The number of imide groups is 1. The van der Waals surface area contributed by atoms with Crippen LogP contribution in [-0.4, -0.2) is 18.5 Å². The zero-order valence-electron chi connectivity index (χ0n) is 18.6. The number of carbonyl (C=O) groups is 2. The maximum absolute atomic E-state index is 12.9. The van der Waals surface area contributed by atoms with Crippen molar-refractivity contribution in [3.8, 4) is 11.5 Å². The monoisotopic (exact) mass is 496 g/mol. The molecular formula is C26H22Cl2N2O4. The number of benzene rings is 3. The Morgan fingerprint density at radius 2 is 1.68 bits per heavy atom. The molecule has 1 N–H and O–H groups in total. The summed E-state index contributed by atoms with van der Waals surface area (Å²) in [6, 6.07) is 17.3. The van der Waals surface area contributed by atoms with Gasteiger partial charge in [0.1, 0.15) is 12.3 Å². The van der Waals surface area contributed by atoms with Crippen LogP contribution < -0.4 is 19.7 Å². The lowest BCUT2D eigenvalue weighted by molar-refractivity contribution is -0.113. The van der Waals surface area contributed by atoms with Gasteiger partial charge >= 0.3 is 6.03 Å². The number of nitrogens with zero attached hydrogens (tertiary/aromatic N) is 1. The number of hydrogen-bond acceptors (Lipinski definition) is 4. The first kappa shape index (κ1) is 23.7. The number of hydrogen-bond donors (Lipinski definition) is 1. The summed E-state index contributed by atoms with van der Waals surface area (Å²) in [4.78, 5) is 26.4. The fraction of sp³-hybridized carbons (Fsp3) is 0.154. The van der Waals surface area contributed by atoms with Gasteiger partial charge in [0, 0.05) is 5.02 Å². The Balaban J connectivity index is 1.59. The molecule has 3 aromatic carbocycles. The van der Waals surface area contributed by atoms with Gasteiger partial charge in [-0.1, -0.05) is 53.0 Å². The maximum atomic E-state index is 12.9. The molecular weight excluding hydrogens is 475 g/mol. The Kier molecular flexibility index (Phi) is 7.10. The number of ether oxygens (including phenoxy) is 2. The smallest absolute Gasteiger partial charge is 0.333 e. The lowest BCUT2D eigenvalue weighted by Gasteiger charge is -2.15. The topological polar surface area (TPSA) is 67.9 Å². The minimum absolute atomic E-state index is 0.117. The molecule has 0 aliphatic carbocycles. The molecule has 0 atom stereocenters. The lowest BCUT2D eigenvalue weighted by atomic mass is 10.1. The molecule has 0 spiro atoms. The Morgan fingerprint density at radius 3 is 2.35 bits per heavy atom. The molecule has 1 aliphatic heterocycles. The Bertz CT molecular complexity index is 1260. The van der Waals surface area contributed by atoms with E-state index in [2.05, 4.69) is 5.32 Å². The van der Waals surface area contributed by atoms with Crippen LogP contribution in [0.25, 0.3) is 6.08 Å². The van der Waals surface area contributed by atoms with E-state index in [1.165, 1.54) is 0 Å². The van der Waals surface area contributed by atoms with Crippen molar-refractivity contribution < 1.29 is 19.1 Å². The van der Waals surface area contributed by atoms with E-state index in [0.29, 0.717) is 46.0 Å². The molecule has 174 valence electrons. The van der Waals surface area contributed by atoms with Crippen molar-refractivity contribution in [2.45, 2.75) is 20.5 Å². The lowest BCUT2D eigenvalue weighted by Crippen LogP contribution is -2.30. The van der Waals surface area contributed by atoms with Crippen LogP contribution in [0.5, 0.6) is 11.5 Å². The van der Waals surface area contributed by atoms with Crippen molar-refractivity contribution in [2.24, 2.45) is 0 Å². The van der Waals surface area contributed by atoms with Gasteiger partial charge < -0.3 is 14.8 Å². The SMILES string of the molecule is CCOc1cc(/C=C2/NC(=O)N(c3ccc(Cl)cc3)C2=O)cc(Cl)c1OCc1ccc(C)cc1. The maximum Gasteiger partial charge on any atom is 0.333 e. The number of amides is 3. The van der Waals surface area contributed by atoms with Crippen LogP contribution in [0.2, 0.25) is 10.0 Å². The molecule has 3 aromatic rings. The first-order chi connectivity index (χ1) is 16.4. The van der Waals surface area contributed by atoms with E-state index in [1.54, 1.807) is 42.5 Å². The summed E-state index contributed by atoms with van der Waals surface area (Å²) < 4.78 is 11.7. The summed E-state index contributed by atoms with van der Waals surface area (Å²) in [6.45, 7) is 4.60. The van der Waals surface area contributed by atoms with Crippen LogP contribution in [0.4, 0.5) is 10.5 Å². The third-order valence-electron chi connectivity index (χ3n) is 5.11. The average molecular weight is 497 g/mol. The predicted octanol–water partition coefficient (Wildman–Crippen LogP) is 6.38. The zero-order chi connectivity index (χ0) is 24.2. The molecule has 0 unspecified atom stereocenters. The second-order valence-electron chi connectivity index (χ2n) is 7.64. The van der Waals surface area contributed by atoms with Gasteiger partial charge in [0.25, 0.3) is 5.91 Å². The standard InChI is InChI=1S/C26H22Cl2N2O4/c1-3-33-23-14-18(12-21(28)24(23)34-15-17-6-4-16(2)5-7-17)13-22-25(31)30(26(32)29-22)20-10-8-19(27)9-11-20/h4-14H,3,15H2,1-2H3,(H,29,32)/b22-13+. The molecule has 0 aromatic heterocycles. The summed E-state index contributed by atoms with van der Waals surface area (Å²) in [5.74, 6) is 0.372. The Morgan fingerprint density at radius 1 is 0.971 bits per heavy atom. The summed E-state index contributed by atoms with van der Waals surface area (Å²) in [5, 5.41) is 3.44. The predicted molar refractivity (Wildman–Crippen MR) is 134 cm³/mol. The third kappa shape index (κ3) is 5.19. The second-order valence-corrected chi connectivity index (χ2v) is 8.49. The van der Waals surface area contributed by atoms with Gasteiger partial charge in [-0.15, -0.1) is 0 Å². The molecule has 34 heavy (non-hydrogen) atoms. The highest BCUT2D eigenvalue weighted by atomic mass is 35.5. The number of rotatable bonds is 7. The normalized spacial score (nSPS) is 14.5. The van der Waals surface area contributed by atoms with Crippen LogP contribution in [-0.2, 0) is 11.4 Å². The quantitative estimate of drug-likeness (QED) is 0.304. The first-order valence-electron chi connectivity index (χ1n) is 10.6. The van der Waals surface area contributed by atoms with Crippen LogP contribution in [0.15, 0.2) is 66.4 Å². The Labute approximate surface area is 207 Å². The molecule has 8 heteroatoms. The average Bonchev–Trinajstić information content (AvgIpc) is 3.08. The van der Waals surface area contributed by atoms with E-state index in [0.717, 1.165) is 16.0 Å². The molecule has 0 radical (unpaired) electrons. The number of halogens is 2. The largest absolute Gasteiger partial charge is 0.490 e. The van der Waals surface area contributed by atoms with Gasteiger partial charge in [-0.2, -0.15) is 0 Å². The van der Waals surface area contributed by atoms with Crippen molar-refractivity contribution in [1.29, 1.82) is 0 Å². The minimum atomic E-state index is -0.548. The highest BCUT2D eigenvalue weighted by Gasteiger charge is 2.34. The first-order valence-corrected chi connectivity index (χ1v) is 11.4. The fourth-order valence-corrected chi connectivity index (χ4v) is 3.84. The van der Waals surface area contributed by atoms with E-state index >= 15 is 0 Å². The van der Waals surface area contributed by atoms with Crippen LogP contribution in [0.1, 0.15) is 23.6 Å². The van der Waals surface area contributed by atoms with Crippen molar-refractivity contribution in [3.05, 3.63) is 93.1 Å². The van der Waals surface area contributed by atoms with Crippen LogP contribution in [0.3, 0.4) is 0 Å². The summed E-state index contributed by atoms with van der Waals surface area (Å²) >= 11 is 12.4. The van der Waals surface area contributed by atoms with E-state index in [-0.39, 0.29) is 5.70 Å². The molecule has 0 bridgehead atoms. The number of carbonyl (C=O) groups excluding carboxylic acids is 2. The highest BCUT2D eigenvalue weighted by molar-refractivity contribution is 6.33. The highest BCUT2D eigenvalue weighted by Crippen LogP contribution is 2.38. The molecule has 6 nitrogen and oxygen atoms in total.